The summed E-state index contributed by atoms with van der Waals surface area (Å²) in [4.78, 5) is 24.9. The number of hydrogen-bond donors (Lipinski definition) is 2. The highest BCUT2D eigenvalue weighted by molar-refractivity contribution is 6.31. The Bertz CT molecular complexity index is 1460. The van der Waals surface area contributed by atoms with Gasteiger partial charge in [-0.1, -0.05) is 29.8 Å². The molecule has 1 atom stereocenters. The van der Waals surface area contributed by atoms with Gasteiger partial charge in [0.15, 0.2) is 5.43 Å². The summed E-state index contributed by atoms with van der Waals surface area (Å²) < 4.78 is 20.1. The molecule has 0 spiro atoms. The number of aryl methyl sites for hydroxylation is 1. The summed E-state index contributed by atoms with van der Waals surface area (Å²) in [6, 6.07) is 13.7. The third-order valence-electron chi connectivity index (χ3n) is 5.53. The van der Waals surface area contributed by atoms with Crippen molar-refractivity contribution in [3.05, 3.63) is 97.9 Å². The van der Waals surface area contributed by atoms with E-state index in [0.717, 1.165) is 5.56 Å². The number of carbonyl (C=O) groups is 1. The van der Waals surface area contributed by atoms with Crippen LogP contribution in [0.4, 0.5) is 10.1 Å². The molecule has 0 amide bonds. The van der Waals surface area contributed by atoms with Crippen LogP contribution >= 0.6 is 11.6 Å². The SMILES string of the molecule is Cc1cc(C(C)Nc2ccc(Cl)cc2C(=O)O)c2oc(-c3cccc(F)c3)c(C)c(=O)c2c1. The number of nitrogens with one attached hydrogen (secondary N) is 1. The topological polar surface area (TPSA) is 79.5 Å². The molecule has 1 heterocycles. The smallest absolute Gasteiger partial charge is 0.337 e. The molecule has 1 unspecified atom stereocenters. The van der Waals surface area contributed by atoms with Crippen LogP contribution in [-0.2, 0) is 0 Å². The number of carboxylic acid groups (broad SMARTS) is 1. The molecular formula is C26H21ClFNO4. The molecule has 5 nitrogen and oxygen atoms in total. The van der Waals surface area contributed by atoms with Crippen molar-refractivity contribution in [2.45, 2.75) is 26.8 Å². The van der Waals surface area contributed by atoms with Gasteiger partial charge >= 0.3 is 5.97 Å². The van der Waals surface area contributed by atoms with E-state index in [4.69, 9.17) is 16.0 Å². The van der Waals surface area contributed by atoms with E-state index >= 15 is 0 Å². The monoisotopic (exact) mass is 465 g/mol. The Balaban J connectivity index is 1.89. The fourth-order valence-corrected chi connectivity index (χ4v) is 4.10. The van der Waals surface area contributed by atoms with Crippen LogP contribution in [0.15, 0.2) is 63.8 Å². The quantitative estimate of drug-likeness (QED) is 0.341. The van der Waals surface area contributed by atoms with Gasteiger partial charge in [-0.15, -0.1) is 0 Å². The van der Waals surface area contributed by atoms with Crippen molar-refractivity contribution in [3.63, 3.8) is 0 Å². The van der Waals surface area contributed by atoms with E-state index in [2.05, 4.69) is 5.32 Å². The first kappa shape index (κ1) is 22.6. The molecule has 0 aliphatic rings. The van der Waals surface area contributed by atoms with Gasteiger partial charge in [-0.2, -0.15) is 0 Å². The molecule has 0 saturated heterocycles. The summed E-state index contributed by atoms with van der Waals surface area (Å²) in [5, 5.41) is 13.5. The molecule has 33 heavy (non-hydrogen) atoms. The van der Waals surface area contributed by atoms with E-state index in [1.807, 2.05) is 19.9 Å². The molecule has 168 valence electrons. The molecular weight excluding hydrogens is 445 g/mol. The van der Waals surface area contributed by atoms with E-state index in [-0.39, 0.29) is 11.0 Å². The van der Waals surface area contributed by atoms with Crippen molar-refractivity contribution in [2.75, 3.05) is 5.32 Å². The molecule has 4 rings (SSSR count). The minimum absolute atomic E-state index is 0.0315. The molecule has 0 aliphatic carbocycles. The average molecular weight is 466 g/mol. The number of hydrogen-bond acceptors (Lipinski definition) is 4. The van der Waals surface area contributed by atoms with Gasteiger partial charge in [0.1, 0.15) is 17.2 Å². The maximum absolute atomic E-state index is 13.8. The minimum atomic E-state index is -1.11. The Morgan fingerprint density at radius 3 is 2.58 bits per heavy atom. The number of rotatable bonds is 5. The van der Waals surface area contributed by atoms with Gasteiger partial charge in [0.2, 0.25) is 0 Å². The van der Waals surface area contributed by atoms with Gasteiger partial charge in [-0.25, -0.2) is 9.18 Å². The van der Waals surface area contributed by atoms with Crippen LogP contribution in [0.1, 0.15) is 40.0 Å². The van der Waals surface area contributed by atoms with Crippen LogP contribution in [0.5, 0.6) is 0 Å². The fourth-order valence-electron chi connectivity index (χ4n) is 3.92. The summed E-state index contributed by atoms with van der Waals surface area (Å²) in [5.41, 5.74) is 2.95. The van der Waals surface area contributed by atoms with Crippen molar-refractivity contribution in [3.8, 4) is 11.3 Å². The Morgan fingerprint density at radius 2 is 1.88 bits per heavy atom. The molecule has 1 aromatic heterocycles. The van der Waals surface area contributed by atoms with E-state index in [0.29, 0.717) is 44.1 Å². The van der Waals surface area contributed by atoms with E-state index in [9.17, 15) is 19.1 Å². The molecule has 0 aliphatic heterocycles. The lowest BCUT2D eigenvalue weighted by Crippen LogP contribution is -2.14. The van der Waals surface area contributed by atoms with Crippen LogP contribution < -0.4 is 10.7 Å². The normalized spacial score (nSPS) is 12.0. The lowest BCUT2D eigenvalue weighted by Gasteiger charge is -2.20. The second-order valence-corrected chi connectivity index (χ2v) is 8.42. The average Bonchev–Trinajstić information content (AvgIpc) is 2.77. The lowest BCUT2D eigenvalue weighted by molar-refractivity contribution is 0.0698. The van der Waals surface area contributed by atoms with E-state index in [1.54, 1.807) is 37.3 Å². The van der Waals surface area contributed by atoms with Gasteiger partial charge in [-0.05, 0) is 62.7 Å². The van der Waals surface area contributed by atoms with Crippen LogP contribution in [0.25, 0.3) is 22.3 Å². The summed E-state index contributed by atoms with van der Waals surface area (Å²) in [5.74, 6) is -1.25. The van der Waals surface area contributed by atoms with E-state index in [1.165, 1.54) is 18.2 Å². The van der Waals surface area contributed by atoms with Crippen LogP contribution in [-0.4, -0.2) is 11.1 Å². The Kier molecular flexibility index (Phi) is 5.95. The zero-order chi connectivity index (χ0) is 23.9. The summed E-state index contributed by atoms with van der Waals surface area (Å²) in [6.07, 6.45) is 0. The summed E-state index contributed by atoms with van der Waals surface area (Å²) >= 11 is 5.96. The molecule has 2 N–H and O–H groups in total. The summed E-state index contributed by atoms with van der Waals surface area (Å²) in [6.45, 7) is 5.37. The predicted octanol–water partition coefficient (Wildman–Crippen LogP) is 6.74. The molecule has 0 radical (unpaired) electrons. The van der Waals surface area contributed by atoms with Crippen LogP contribution in [0, 0.1) is 19.7 Å². The fraction of sp³-hybridized carbons (Fsp3) is 0.154. The Hall–Kier alpha value is -3.64. The standard InChI is InChI=1S/C26H21ClFNO4/c1-13-9-19(15(3)29-22-8-7-17(27)12-20(22)26(31)32)25-21(10-13)23(30)14(2)24(33-25)16-5-4-6-18(28)11-16/h4-12,15,29H,1-3H3,(H,31,32). The number of halogens is 2. The number of aromatic carboxylic acids is 1. The van der Waals surface area contributed by atoms with Crippen molar-refractivity contribution >= 4 is 34.2 Å². The van der Waals surface area contributed by atoms with Gasteiger partial charge in [-0.3, -0.25) is 4.79 Å². The number of benzene rings is 3. The molecule has 7 heteroatoms. The van der Waals surface area contributed by atoms with Crippen LogP contribution in [0.2, 0.25) is 5.02 Å². The molecule has 0 fully saturated rings. The third-order valence-corrected chi connectivity index (χ3v) is 5.76. The van der Waals surface area contributed by atoms with Crippen LogP contribution in [0.3, 0.4) is 0 Å². The molecule has 4 aromatic rings. The van der Waals surface area contributed by atoms with Crippen molar-refractivity contribution in [2.24, 2.45) is 0 Å². The predicted molar refractivity (Wildman–Crippen MR) is 128 cm³/mol. The highest BCUT2D eigenvalue weighted by Crippen LogP contribution is 2.33. The van der Waals surface area contributed by atoms with Crippen molar-refractivity contribution < 1.29 is 18.7 Å². The maximum atomic E-state index is 13.8. The maximum Gasteiger partial charge on any atom is 0.337 e. The Morgan fingerprint density at radius 1 is 1.12 bits per heavy atom. The Labute approximate surface area is 194 Å². The van der Waals surface area contributed by atoms with Crippen molar-refractivity contribution in [1.82, 2.24) is 0 Å². The second-order valence-electron chi connectivity index (χ2n) is 7.99. The first-order chi connectivity index (χ1) is 15.7. The zero-order valence-electron chi connectivity index (χ0n) is 18.2. The highest BCUT2D eigenvalue weighted by atomic mass is 35.5. The lowest BCUT2D eigenvalue weighted by atomic mass is 9.98. The molecule has 3 aromatic carbocycles. The first-order valence-electron chi connectivity index (χ1n) is 10.3. The van der Waals surface area contributed by atoms with Gasteiger partial charge in [0.05, 0.1) is 17.0 Å². The van der Waals surface area contributed by atoms with Gasteiger partial charge in [0, 0.05) is 27.4 Å². The van der Waals surface area contributed by atoms with Gasteiger partial charge < -0.3 is 14.8 Å². The highest BCUT2D eigenvalue weighted by Gasteiger charge is 2.20. The second kappa shape index (κ2) is 8.71. The largest absolute Gasteiger partial charge is 0.478 e. The number of anilines is 1. The zero-order valence-corrected chi connectivity index (χ0v) is 19.0. The summed E-state index contributed by atoms with van der Waals surface area (Å²) in [7, 11) is 0. The molecule has 0 saturated carbocycles. The minimum Gasteiger partial charge on any atom is -0.478 e. The van der Waals surface area contributed by atoms with E-state index < -0.39 is 17.8 Å². The number of carboxylic acids is 1. The number of fused-ring (bicyclic) bond motifs is 1. The molecule has 0 bridgehead atoms. The third kappa shape index (κ3) is 4.34. The van der Waals surface area contributed by atoms with Crippen molar-refractivity contribution in [1.29, 1.82) is 0 Å². The van der Waals surface area contributed by atoms with Gasteiger partial charge in [0.25, 0.3) is 0 Å². The first-order valence-corrected chi connectivity index (χ1v) is 10.7.